The molecule has 0 aliphatic heterocycles. The zero-order chi connectivity index (χ0) is 17.0. The minimum atomic E-state index is -0.591. The van der Waals surface area contributed by atoms with Crippen LogP contribution in [0.5, 0.6) is 5.75 Å². The molecule has 1 heterocycles. The topological polar surface area (TPSA) is 97.6 Å². The van der Waals surface area contributed by atoms with Gasteiger partial charge in [0.05, 0.1) is 29.8 Å². The Balaban J connectivity index is 2.29. The third-order valence-corrected chi connectivity index (χ3v) is 4.11. The molecule has 7 heteroatoms. The van der Waals surface area contributed by atoms with Gasteiger partial charge in [0.15, 0.2) is 5.82 Å². The van der Waals surface area contributed by atoms with E-state index in [1.807, 2.05) is 0 Å². The summed E-state index contributed by atoms with van der Waals surface area (Å²) in [5.74, 6) is 5.44. The summed E-state index contributed by atoms with van der Waals surface area (Å²) >= 11 is 0. The van der Waals surface area contributed by atoms with E-state index in [-0.39, 0.29) is 23.2 Å². The molecule has 5 N–H and O–H groups in total. The number of likely N-dealkylation sites (N-methyl/N-ethyl adjacent to an activating group) is 1. The molecular formula is C16H25FN4O2. The van der Waals surface area contributed by atoms with Crippen molar-refractivity contribution in [2.45, 2.75) is 45.1 Å². The van der Waals surface area contributed by atoms with Crippen LogP contribution in [0.3, 0.4) is 0 Å². The normalized spacial score (nSPS) is 16.9. The third kappa shape index (κ3) is 4.11. The zero-order valence-corrected chi connectivity index (χ0v) is 13.7. The summed E-state index contributed by atoms with van der Waals surface area (Å²) < 4.78 is 20.3. The number of ether oxygens (including phenoxy) is 1. The number of aromatic nitrogens is 1. The Morgan fingerprint density at radius 1 is 1.43 bits per heavy atom. The highest BCUT2D eigenvalue weighted by Crippen LogP contribution is 2.28. The van der Waals surface area contributed by atoms with Gasteiger partial charge in [0.25, 0.3) is 0 Å². The smallest absolute Gasteiger partial charge is 0.154 e. The van der Waals surface area contributed by atoms with Gasteiger partial charge < -0.3 is 20.6 Å². The average molecular weight is 324 g/mol. The van der Waals surface area contributed by atoms with Crippen molar-refractivity contribution in [1.29, 1.82) is 0 Å². The summed E-state index contributed by atoms with van der Waals surface area (Å²) in [5.41, 5.74) is 6.66. The van der Waals surface area contributed by atoms with Crippen LogP contribution in [-0.4, -0.2) is 34.9 Å². The van der Waals surface area contributed by atoms with Crippen molar-refractivity contribution in [2.24, 2.45) is 11.6 Å². The first-order valence-electron chi connectivity index (χ1n) is 7.86. The highest BCUT2D eigenvalue weighted by atomic mass is 19.1. The number of aliphatic hydroxyl groups excluding tert-OH is 1. The van der Waals surface area contributed by atoms with Crippen molar-refractivity contribution >= 4 is 5.70 Å². The molecule has 0 saturated heterocycles. The van der Waals surface area contributed by atoms with Crippen molar-refractivity contribution < 1.29 is 14.2 Å². The number of pyridine rings is 1. The van der Waals surface area contributed by atoms with Crippen LogP contribution < -0.4 is 16.3 Å². The number of aryl methyl sites for hydroxylation is 1. The van der Waals surface area contributed by atoms with E-state index in [1.165, 1.54) is 19.5 Å². The summed E-state index contributed by atoms with van der Waals surface area (Å²) in [6.45, 7) is 1.35. The lowest BCUT2D eigenvalue weighted by Crippen LogP contribution is -2.30. The van der Waals surface area contributed by atoms with Gasteiger partial charge in [-0.15, -0.1) is 0 Å². The Hall–Kier alpha value is -1.86. The minimum Gasteiger partial charge on any atom is -0.488 e. The van der Waals surface area contributed by atoms with Crippen LogP contribution in [0.25, 0.3) is 5.70 Å². The first kappa shape index (κ1) is 17.5. The molecule has 0 atom stereocenters. The molecule has 0 bridgehead atoms. The maximum Gasteiger partial charge on any atom is 0.154 e. The number of hydrogen-bond donors (Lipinski definition) is 3. The van der Waals surface area contributed by atoms with Crippen molar-refractivity contribution in [2.75, 3.05) is 13.7 Å². The molecule has 0 radical (unpaired) electrons. The predicted octanol–water partition coefficient (Wildman–Crippen LogP) is 1.67. The minimum absolute atomic E-state index is 0.0160. The molecule has 1 aliphatic rings. The zero-order valence-electron chi connectivity index (χ0n) is 13.7. The van der Waals surface area contributed by atoms with Gasteiger partial charge in [-0.2, -0.15) is 0 Å². The van der Waals surface area contributed by atoms with Gasteiger partial charge in [-0.25, -0.2) is 15.2 Å². The van der Waals surface area contributed by atoms with Crippen molar-refractivity contribution in [3.8, 4) is 5.75 Å². The summed E-state index contributed by atoms with van der Waals surface area (Å²) in [6.07, 6.45) is 5.58. The molecule has 0 aromatic carbocycles. The van der Waals surface area contributed by atoms with E-state index in [1.54, 1.807) is 6.92 Å². The van der Waals surface area contributed by atoms with Gasteiger partial charge >= 0.3 is 0 Å². The molecule has 1 saturated carbocycles. The molecular weight excluding hydrogens is 299 g/mol. The molecule has 0 spiro atoms. The largest absolute Gasteiger partial charge is 0.488 e. The molecule has 1 fully saturated rings. The Labute approximate surface area is 135 Å². The van der Waals surface area contributed by atoms with Gasteiger partial charge in [0.2, 0.25) is 0 Å². The Kier molecular flexibility index (Phi) is 5.79. The fourth-order valence-corrected chi connectivity index (χ4v) is 2.76. The Bertz CT molecular complexity index is 584. The molecule has 1 aromatic rings. The lowest BCUT2D eigenvalue weighted by Gasteiger charge is -2.24. The molecule has 128 valence electrons. The quantitative estimate of drug-likeness (QED) is 0.563. The van der Waals surface area contributed by atoms with Crippen LogP contribution in [0.2, 0.25) is 0 Å². The molecule has 2 rings (SSSR count). The van der Waals surface area contributed by atoms with E-state index in [9.17, 15) is 9.50 Å². The van der Waals surface area contributed by atoms with Crippen molar-refractivity contribution in [3.05, 3.63) is 29.0 Å². The monoisotopic (exact) mass is 324 g/mol. The van der Waals surface area contributed by atoms with E-state index < -0.39 is 12.4 Å². The summed E-state index contributed by atoms with van der Waals surface area (Å²) in [7, 11) is 1.52. The SMILES string of the molecule is Cc1nc(/C(N)=C(\CO)N(C)N)c(F)cc1OC1CCCCC1. The second kappa shape index (κ2) is 7.61. The predicted molar refractivity (Wildman–Crippen MR) is 86.6 cm³/mol. The fourth-order valence-electron chi connectivity index (χ4n) is 2.76. The van der Waals surface area contributed by atoms with Crippen LogP contribution in [0.4, 0.5) is 4.39 Å². The lowest BCUT2D eigenvalue weighted by molar-refractivity contribution is 0.152. The summed E-state index contributed by atoms with van der Waals surface area (Å²) in [6, 6.07) is 1.31. The second-order valence-electron chi connectivity index (χ2n) is 5.91. The van der Waals surface area contributed by atoms with E-state index in [0.717, 1.165) is 30.7 Å². The molecule has 1 aliphatic carbocycles. The van der Waals surface area contributed by atoms with Crippen molar-refractivity contribution in [1.82, 2.24) is 9.99 Å². The van der Waals surface area contributed by atoms with Gasteiger partial charge in [-0.05, 0) is 32.6 Å². The third-order valence-electron chi connectivity index (χ3n) is 4.11. The van der Waals surface area contributed by atoms with E-state index >= 15 is 0 Å². The van der Waals surface area contributed by atoms with Gasteiger partial charge in [-0.1, -0.05) is 6.42 Å². The van der Waals surface area contributed by atoms with Crippen LogP contribution in [0.1, 0.15) is 43.5 Å². The van der Waals surface area contributed by atoms with Crippen LogP contribution in [-0.2, 0) is 0 Å². The lowest BCUT2D eigenvalue weighted by atomic mass is 9.98. The number of hydrazine groups is 1. The highest BCUT2D eigenvalue weighted by molar-refractivity contribution is 5.64. The molecule has 0 unspecified atom stereocenters. The van der Waals surface area contributed by atoms with Gasteiger partial charge in [0.1, 0.15) is 11.4 Å². The van der Waals surface area contributed by atoms with Crippen LogP contribution in [0.15, 0.2) is 11.8 Å². The van der Waals surface area contributed by atoms with E-state index in [4.69, 9.17) is 16.3 Å². The fraction of sp³-hybridized carbons (Fsp3) is 0.562. The highest BCUT2D eigenvalue weighted by Gasteiger charge is 2.20. The number of halogens is 1. The van der Waals surface area contributed by atoms with E-state index in [2.05, 4.69) is 4.98 Å². The molecule has 1 aromatic heterocycles. The van der Waals surface area contributed by atoms with Gasteiger partial charge in [-0.3, -0.25) is 0 Å². The Morgan fingerprint density at radius 2 is 2.09 bits per heavy atom. The molecule has 6 nitrogen and oxygen atoms in total. The number of rotatable bonds is 5. The first-order valence-corrected chi connectivity index (χ1v) is 7.86. The van der Waals surface area contributed by atoms with Crippen molar-refractivity contribution in [3.63, 3.8) is 0 Å². The number of nitrogens with zero attached hydrogens (tertiary/aromatic N) is 2. The standard InChI is InChI=1S/C16H25FN4O2/c1-10-14(23-11-6-4-3-5-7-11)8-12(17)16(20-10)15(18)13(9-22)21(2)19/h8,11,22H,3-7,9,18-19H2,1-2H3/b15-13-. The maximum atomic E-state index is 14.4. The molecule has 23 heavy (non-hydrogen) atoms. The van der Waals surface area contributed by atoms with Crippen LogP contribution >= 0.6 is 0 Å². The average Bonchev–Trinajstić information content (AvgIpc) is 2.51. The Morgan fingerprint density at radius 3 is 2.65 bits per heavy atom. The van der Waals surface area contributed by atoms with Gasteiger partial charge in [0, 0.05) is 13.1 Å². The van der Waals surface area contributed by atoms with Crippen LogP contribution in [0, 0.1) is 12.7 Å². The summed E-state index contributed by atoms with van der Waals surface area (Å²) in [4.78, 5) is 4.21. The second-order valence-corrected chi connectivity index (χ2v) is 5.91. The summed E-state index contributed by atoms with van der Waals surface area (Å²) in [5, 5.41) is 10.5. The van der Waals surface area contributed by atoms with E-state index in [0.29, 0.717) is 11.4 Å². The maximum absolute atomic E-state index is 14.4. The first-order chi connectivity index (χ1) is 10.9. The number of nitrogens with two attached hydrogens (primary N) is 2. The number of hydrogen-bond acceptors (Lipinski definition) is 6. The number of aliphatic hydroxyl groups is 1. The molecule has 0 amide bonds.